The first-order valence-electron chi connectivity index (χ1n) is 8.52. The molecule has 3 aromatic rings. The third-order valence-corrected chi connectivity index (χ3v) is 4.92. The number of aromatic nitrogens is 2. The van der Waals surface area contributed by atoms with Gasteiger partial charge in [0.2, 0.25) is 11.8 Å². The van der Waals surface area contributed by atoms with Gasteiger partial charge in [0.05, 0.1) is 5.69 Å². The summed E-state index contributed by atoms with van der Waals surface area (Å²) < 4.78 is 7.78. The van der Waals surface area contributed by atoms with Gasteiger partial charge < -0.3 is 15.2 Å². The maximum absolute atomic E-state index is 12.3. The lowest BCUT2D eigenvalue weighted by Gasteiger charge is -2.26. The number of ether oxygens (including phenoxy) is 1. The average Bonchev–Trinajstić information content (AvgIpc) is 2.89. The van der Waals surface area contributed by atoms with E-state index in [2.05, 4.69) is 10.4 Å². The Morgan fingerprint density at radius 3 is 2.74 bits per heavy atom. The van der Waals surface area contributed by atoms with Crippen LogP contribution in [0.2, 0.25) is 5.02 Å². The van der Waals surface area contributed by atoms with Crippen LogP contribution in [0.25, 0.3) is 0 Å². The Balaban J connectivity index is 1.81. The molecule has 2 aromatic carbocycles. The lowest BCUT2D eigenvalue weighted by Crippen LogP contribution is -2.23. The number of nitrogens with one attached hydrogen (secondary N) is 1. The van der Waals surface area contributed by atoms with E-state index in [0.717, 1.165) is 16.8 Å². The van der Waals surface area contributed by atoms with Crippen LogP contribution in [-0.4, -0.2) is 20.8 Å². The second-order valence-corrected chi connectivity index (χ2v) is 7.00. The van der Waals surface area contributed by atoms with Crippen molar-refractivity contribution in [1.82, 2.24) is 9.78 Å². The SMILES string of the molecule is Cc1nn(C)c(Oc2ccc(Cl)cc2)c1[C@@H]1CC(=O)Nc2cc(O)ccc21. The molecule has 1 aromatic heterocycles. The van der Waals surface area contributed by atoms with Crippen LogP contribution in [0, 0.1) is 6.92 Å². The van der Waals surface area contributed by atoms with Crippen molar-refractivity contribution < 1.29 is 14.6 Å². The lowest BCUT2D eigenvalue weighted by molar-refractivity contribution is -0.116. The molecule has 138 valence electrons. The largest absolute Gasteiger partial charge is 0.508 e. The van der Waals surface area contributed by atoms with Gasteiger partial charge in [-0.05, 0) is 42.8 Å². The van der Waals surface area contributed by atoms with E-state index in [1.165, 1.54) is 0 Å². The summed E-state index contributed by atoms with van der Waals surface area (Å²) in [5.41, 5.74) is 3.18. The number of anilines is 1. The van der Waals surface area contributed by atoms with Crippen molar-refractivity contribution in [3.63, 3.8) is 0 Å². The molecular weight excluding hydrogens is 366 g/mol. The fourth-order valence-electron chi connectivity index (χ4n) is 3.50. The minimum atomic E-state index is -0.217. The van der Waals surface area contributed by atoms with E-state index in [-0.39, 0.29) is 24.0 Å². The molecule has 0 unspecified atom stereocenters. The molecule has 1 aliphatic rings. The summed E-state index contributed by atoms with van der Waals surface area (Å²) in [6, 6.07) is 12.1. The number of halogens is 1. The van der Waals surface area contributed by atoms with Gasteiger partial charge in [-0.25, -0.2) is 4.68 Å². The zero-order valence-electron chi connectivity index (χ0n) is 14.9. The molecule has 4 rings (SSSR count). The summed E-state index contributed by atoms with van der Waals surface area (Å²) in [7, 11) is 1.81. The third kappa shape index (κ3) is 3.24. The summed E-state index contributed by atoms with van der Waals surface area (Å²) in [4.78, 5) is 12.3. The third-order valence-electron chi connectivity index (χ3n) is 4.67. The summed E-state index contributed by atoms with van der Waals surface area (Å²) in [6.07, 6.45) is 0.279. The van der Waals surface area contributed by atoms with Gasteiger partial charge in [0.15, 0.2) is 0 Å². The topological polar surface area (TPSA) is 76.4 Å². The molecule has 1 aliphatic heterocycles. The summed E-state index contributed by atoms with van der Waals surface area (Å²) >= 11 is 5.95. The lowest BCUT2D eigenvalue weighted by atomic mass is 9.84. The van der Waals surface area contributed by atoms with E-state index in [1.807, 2.05) is 20.0 Å². The molecule has 7 heteroatoms. The van der Waals surface area contributed by atoms with Crippen molar-refractivity contribution in [3.05, 3.63) is 64.3 Å². The Morgan fingerprint density at radius 2 is 2.00 bits per heavy atom. The van der Waals surface area contributed by atoms with Gasteiger partial charge in [0.1, 0.15) is 11.5 Å². The van der Waals surface area contributed by atoms with Gasteiger partial charge in [0.25, 0.3) is 0 Å². The molecule has 6 nitrogen and oxygen atoms in total. The number of rotatable bonds is 3. The highest BCUT2D eigenvalue weighted by atomic mass is 35.5. The van der Waals surface area contributed by atoms with Crippen molar-refractivity contribution in [1.29, 1.82) is 0 Å². The van der Waals surface area contributed by atoms with E-state index in [9.17, 15) is 9.90 Å². The molecule has 0 saturated heterocycles. The molecule has 2 N–H and O–H groups in total. The first kappa shape index (κ1) is 17.4. The van der Waals surface area contributed by atoms with E-state index in [1.54, 1.807) is 41.1 Å². The van der Waals surface area contributed by atoms with E-state index < -0.39 is 0 Å². The summed E-state index contributed by atoms with van der Waals surface area (Å²) in [5, 5.41) is 17.7. The first-order chi connectivity index (χ1) is 12.9. The van der Waals surface area contributed by atoms with Crippen LogP contribution in [0.5, 0.6) is 17.4 Å². The fraction of sp³-hybridized carbons (Fsp3) is 0.200. The zero-order valence-corrected chi connectivity index (χ0v) is 15.6. The van der Waals surface area contributed by atoms with Crippen molar-refractivity contribution in [2.75, 3.05) is 5.32 Å². The van der Waals surface area contributed by atoms with Crippen molar-refractivity contribution >= 4 is 23.2 Å². The normalized spacial score (nSPS) is 16.0. The maximum Gasteiger partial charge on any atom is 0.225 e. The molecule has 27 heavy (non-hydrogen) atoms. The monoisotopic (exact) mass is 383 g/mol. The molecule has 2 heterocycles. The number of amides is 1. The van der Waals surface area contributed by atoms with Gasteiger partial charge in [0, 0.05) is 41.7 Å². The van der Waals surface area contributed by atoms with E-state index >= 15 is 0 Å². The molecule has 0 spiro atoms. The van der Waals surface area contributed by atoms with Crippen LogP contribution in [0.15, 0.2) is 42.5 Å². The number of hydrogen-bond donors (Lipinski definition) is 2. The smallest absolute Gasteiger partial charge is 0.225 e. The molecule has 0 bridgehead atoms. The van der Waals surface area contributed by atoms with Crippen molar-refractivity contribution in [2.45, 2.75) is 19.3 Å². The van der Waals surface area contributed by atoms with Crippen molar-refractivity contribution in [2.24, 2.45) is 7.05 Å². The zero-order chi connectivity index (χ0) is 19.1. The highest BCUT2D eigenvalue weighted by molar-refractivity contribution is 6.30. The van der Waals surface area contributed by atoms with Gasteiger partial charge in [-0.2, -0.15) is 5.10 Å². The Morgan fingerprint density at radius 1 is 1.26 bits per heavy atom. The molecule has 0 fully saturated rings. The number of phenolic OH excluding ortho intramolecular Hbond substituents is 1. The molecule has 0 aliphatic carbocycles. The van der Waals surface area contributed by atoms with Crippen LogP contribution in [0.4, 0.5) is 5.69 Å². The second-order valence-electron chi connectivity index (χ2n) is 6.56. The molecule has 1 amide bonds. The van der Waals surface area contributed by atoms with Gasteiger partial charge in [-0.3, -0.25) is 4.79 Å². The Bertz CT molecular complexity index is 1030. The Labute approximate surface area is 161 Å². The number of aromatic hydroxyl groups is 1. The molecule has 0 radical (unpaired) electrons. The molecule has 0 saturated carbocycles. The molecular formula is C20H18ClN3O3. The Kier molecular flexibility index (Phi) is 4.28. The number of hydrogen-bond acceptors (Lipinski definition) is 4. The minimum Gasteiger partial charge on any atom is -0.508 e. The number of fused-ring (bicyclic) bond motifs is 1. The second kappa shape index (κ2) is 6.63. The van der Waals surface area contributed by atoms with Gasteiger partial charge in [-0.1, -0.05) is 17.7 Å². The predicted octanol–water partition coefficient (Wildman–Crippen LogP) is 4.35. The van der Waals surface area contributed by atoms with Crippen LogP contribution < -0.4 is 10.1 Å². The van der Waals surface area contributed by atoms with Crippen LogP contribution >= 0.6 is 11.6 Å². The summed E-state index contributed by atoms with van der Waals surface area (Å²) in [6.45, 7) is 1.90. The number of carbonyl (C=O) groups excluding carboxylic acids is 1. The quantitative estimate of drug-likeness (QED) is 0.704. The van der Waals surface area contributed by atoms with E-state index in [0.29, 0.717) is 22.3 Å². The average molecular weight is 384 g/mol. The van der Waals surface area contributed by atoms with Crippen molar-refractivity contribution in [3.8, 4) is 17.4 Å². The number of carbonyl (C=O) groups is 1. The van der Waals surface area contributed by atoms with Gasteiger partial charge >= 0.3 is 0 Å². The number of nitrogens with zero attached hydrogens (tertiary/aromatic N) is 2. The fourth-order valence-corrected chi connectivity index (χ4v) is 3.63. The minimum absolute atomic E-state index is 0.107. The first-order valence-corrected chi connectivity index (χ1v) is 8.90. The highest BCUT2D eigenvalue weighted by Gasteiger charge is 2.32. The predicted molar refractivity (Wildman–Crippen MR) is 103 cm³/mol. The molecule has 1 atom stereocenters. The number of aryl methyl sites for hydroxylation is 2. The van der Waals surface area contributed by atoms with Gasteiger partial charge in [-0.15, -0.1) is 0 Å². The van der Waals surface area contributed by atoms with Crippen LogP contribution in [0.1, 0.15) is 29.2 Å². The van der Waals surface area contributed by atoms with Crippen LogP contribution in [0.3, 0.4) is 0 Å². The number of benzene rings is 2. The Hall–Kier alpha value is -2.99. The highest BCUT2D eigenvalue weighted by Crippen LogP contribution is 2.44. The van der Waals surface area contributed by atoms with E-state index in [4.69, 9.17) is 16.3 Å². The van der Waals surface area contributed by atoms with Crippen LogP contribution in [-0.2, 0) is 11.8 Å². The maximum atomic E-state index is 12.3. The summed E-state index contributed by atoms with van der Waals surface area (Å²) in [5.74, 6) is 0.989. The standard InChI is InChI=1S/C20H18ClN3O3/c1-11-19(16-10-18(26)22-17-9-13(25)5-8-15(16)17)20(24(2)23-11)27-14-6-3-12(21)4-7-14/h3-9,16,25H,10H2,1-2H3,(H,22,26)/t16-/m1/s1. The number of phenols is 1.